The fourth-order valence-corrected chi connectivity index (χ4v) is 2.58. The predicted molar refractivity (Wildman–Crippen MR) is 80.0 cm³/mol. The van der Waals surface area contributed by atoms with Gasteiger partial charge < -0.3 is 10.6 Å². The van der Waals surface area contributed by atoms with Crippen molar-refractivity contribution in [1.82, 2.24) is 4.98 Å². The van der Waals surface area contributed by atoms with Crippen molar-refractivity contribution >= 4 is 33.7 Å². The highest BCUT2D eigenvalue weighted by atomic mass is 32.1. The summed E-state index contributed by atoms with van der Waals surface area (Å²) < 4.78 is 0. The molecular formula is C12H21N3S2. The Labute approximate surface area is 113 Å². The second-order valence-corrected chi connectivity index (χ2v) is 6.40. The first-order chi connectivity index (χ1) is 7.90. The van der Waals surface area contributed by atoms with Gasteiger partial charge in [0.25, 0.3) is 0 Å². The highest BCUT2D eigenvalue weighted by Gasteiger charge is 2.13. The van der Waals surface area contributed by atoms with E-state index in [4.69, 9.17) is 18.0 Å². The minimum absolute atomic E-state index is 0.573. The summed E-state index contributed by atoms with van der Waals surface area (Å²) in [5.41, 5.74) is 6.69. The number of aryl methyl sites for hydroxylation is 2. The standard InChI is InChI=1S/C12H21N3S2/c1-8(2)7-15(6-5-11(13)16)12-14-9(3)10(4)17-12/h8H,5-7H2,1-4H3,(H2,13,16). The van der Waals surface area contributed by atoms with Crippen LogP contribution in [-0.2, 0) is 0 Å². The van der Waals surface area contributed by atoms with Gasteiger partial charge in [-0.25, -0.2) is 4.98 Å². The molecule has 0 aliphatic rings. The van der Waals surface area contributed by atoms with Gasteiger partial charge in [-0.3, -0.25) is 0 Å². The molecule has 1 rings (SSSR count). The number of nitrogens with zero attached hydrogens (tertiary/aromatic N) is 2. The first-order valence-electron chi connectivity index (χ1n) is 5.87. The minimum Gasteiger partial charge on any atom is -0.393 e. The topological polar surface area (TPSA) is 42.2 Å². The third-order valence-corrected chi connectivity index (χ3v) is 3.84. The van der Waals surface area contributed by atoms with Crippen LogP contribution in [0.25, 0.3) is 0 Å². The molecule has 0 aliphatic carbocycles. The Balaban J connectivity index is 2.77. The van der Waals surface area contributed by atoms with Crippen LogP contribution in [0.2, 0.25) is 0 Å². The van der Waals surface area contributed by atoms with Crippen LogP contribution in [0.4, 0.5) is 5.13 Å². The number of hydrogen-bond donors (Lipinski definition) is 1. The van der Waals surface area contributed by atoms with Gasteiger partial charge in [-0.1, -0.05) is 26.1 Å². The number of thiocarbonyl (C=S) groups is 1. The average Bonchev–Trinajstić information content (AvgIpc) is 2.53. The first kappa shape index (κ1) is 14.4. The lowest BCUT2D eigenvalue weighted by molar-refractivity contribution is 0.612. The van der Waals surface area contributed by atoms with E-state index < -0.39 is 0 Å². The summed E-state index contributed by atoms with van der Waals surface area (Å²) in [6.07, 6.45) is 0.750. The van der Waals surface area contributed by atoms with E-state index in [1.165, 1.54) is 4.88 Å². The zero-order valence-corrected chi connectivity index (χ0v) is 12.6. The van der Waals surface area contributed by atoms with Gasteiger partial charge >= 0.3 is 0 Å². The average molecular weight is 271 g/mol. The first-order valence-corrected chi connectivity index (χ1v) is 7.10. The molecule has 2 N–H and O–H groups in total. The van der Waals surface area contributed by atoms with Gasteiger partial charge in [0.2, 0.25) is 0 Å². The highest BCUT2D eigenvalue weighted by molar-refractivity contribution is 7.80. The molecule has 0 saturated carbocycles. The van der Waals surface area contributed by atoms with Crippen LogP contribution in [0.5, 0.6) is 0 Å². The van der Waals surface area contributed by atoms with Crippen LogP contribution in [0, 0.1) is 19.8 Å². The molecule has 0 radical (unpaired) electrons. The lowest BCUT2D eigenvalue weighted by atomic mass is 10.2. The Morgan fingerprint density at radius 2 is 2.12 bits per heavy atom. The van der Waals surface area contributed by atoms with Crippen molar-refractivity contribution in [2.75, 3.05) is 18.0 Å². The zero-order chi connectivity index (χ0) is 13.0. The normalized spacial score (nSPS) is 10.9. The van der Waals surface area contributed by atoms with Gasteiger partial charge in [0.1, 0.15) is 0 Å². The van der Waals surface area contributed by atoms with Crippen molar-refractivity contribution in [1.29, 1.82) is 0 Å². The molecule has 96 valence electrons. The highest BCUT2D eigenvalue weighted by Crippen LogP contribution is 2.25. The summed E-state index contributed by atoms with van der Waals surface area (Å²) in [6, 6.07) is 0. The molecule has 1 heterocycles. The molecule has 0 aliphatic heterocycles. The molecule has 1 aromatic heterocycles. The second kappa shape index (κ2) is 6.31. The van der Waals surface area contributed by atoms with Gasteiger partial charge in [0.05, 0.1) is 10.7 Å². The van der Waals surface area contributed by atoms with Crippen molar-refractivity contribution in [3.05, 3.63) is 10.6 Å². The van der Waals surface area contributed by atoms with Crippen molar-refractivity contribution in [2.24, 2.45) is 11.7 Å². The van der Waals surface area contributed by atoms with Gasteiger partial charge in [0, 0.05) is 24.4 Å². The van der Waals surface area contributed by atoms with E-state index in [2.05, 4.69) is 37.6 Å². The summed E-state index contributed by atoms with van der Waals surface area (Å²) in [4.78, 5) is 8.74. The third kappa shape index (κ3) is 4.60. The van der Waals surface area contributed by atoms with Gasteiger partial charge in [-0.2, -0.15) is 0 Å². The van der Waals surface area contributed by atoms with Crippen molar-refractivity contribution in [3.63, 3.8) is 0 Å². The van der Waals surface area contributed by atoms with Gasteiger partial charge in [-0.15, -0.1) is 11.3 Å². The van der Waals surface area contributed by atoms with Gasteiger partial charge in [-0.05, 0) is 19.8 Å². The molecule has 0 spiro atoms. The number of nitrogens with two attached hydrogens (primary N) is 1. The summed E-state index contributed by atoms with van der Waals surface area (Å²) in [7, 11) is 0. The van der Waals surface area contributed by atoms with Crippen LogP contribution < -0.4 is 10.6 Å². The van der Waals surface area contributed by atoms with Crippen LogP contribution in [-0.4, -0.2) is 23.1 Å². The second-order valence-electron chi connectivity index (χ2n) is 4.69. The molecular weight excluding hydrogens is 250 g/mol. The van der Waals surface area contributed by atoms with Crippen molar-refractivity contribution in [2.45, 2.75) is 34.1 Å². The Morgan fingerprint density at radius 3 is 2.53 bits per heavy atom. The summed E-state index contributed by atoms with van der Waals surface area (Å²) >= 11 is 6.69. The maximum absolute atomic E-state index is 5.57. The zero-order valence-electron chi connectivity index (χ0n) is 11.0. The lowest BCUT2D eigenvalue weighted by Gasteiger charge is -2.23. The molecule has 0 fully saturated rings. The molecule has 17 heavy (non-hydrogen) atoms. The molecule has 0 atom stereocenters. The number of anilines is 1. The van der Waals surface area contributed by atoms with Crippen LogP contribution >= 0.6 is 23.6 Å². The maximum Gasteiger partial charge on any atom is 0.185 e. The summed E-state index contributed by atoms with van der Waals surface area (Å²) in [5.74, 6) is 0.603. The molecule has 3 nitrogen and oxygen atoms in total. The number of aromatic nitrogens is 1. The fourth-order valence-electron chi connectivity index (χ4n) is 1.54. The Bertz CT molecular complexity index is 366. The van der Waals surface area contributed by atoms with E-state index in [9.17, 15) is 0 Å². The number of thiazole rings is 1. The van der Waals surface area contributed by atoms with Crippen LogP contribution in [0.15, 0.2) is 0 Å². The molecule has 5 heteroatoms. The van der Waals surface area contributed by atoms with Crippen LogP contribution in [0.3, 0.4) is 0 Å². The van der Waals surface area contributed by atoms with Crippen molar-refractivity contribution in [3.8, 4) is 0 Å². The predicted octanol–water partition coefficient (Wildman–Crippen LogP) is 2.90. The number of rotatable bonds is 6. The van der Waals surface area contributed by atoms with Crippen LogP contribution in [0.1, 0.15) is 30.8 Å². The molecule has 0 bridgehead atoms. The summed E-state index contributed by atoms with van der Waals surface area (Å²) in [6.45, 7) is 10.4. The van der Waals surface area contributed by atoms with E-state index in [1.54, 1.807) is 11.3 Å². The molecule has 1 aromatic rings. The van der Waals surface area contributed by atoms with E-state index >= 15 is 0 Å². The smallest absolute Gasteiger partial charge is 0.185 e. The fraction of sp³-hybridized carbons (Fsp3) is 0.667. The molecule has 0 saturated heterocycles. The van der Waals surface area contributed by atoms with E-state index in [1.807, 2.05) is 0 Å². The third-order valence-electron chi connectivity index (χ3n) is 2.50. The SMILES string of the molecule is Cc1nc(N(CCC(N)=S)CC(C)C)sc1C. The molecule has 0 aromatic carbocycles. The monoisotopic (exact) mass is 271 g/mol. The van der Waals surface area contributed by atoms with E-state index in [0.717, 1.165) is 30.3 Å². The van der Waals surface area contributed by atoms with Gasteiger partial charge in [0.15, 0.2) is 5.13 Å². The van der Waals surface area contributed by atoms with E-state index in [-0.39, 0.29) is 0 Å². The maximum atomic E-state index is 5.57. The quantitative estimate of drug-likeness (QED) is 0.808. The lowest BCUT2D eigenvalue weighted by Crippen LogP contribution is -2.30. The molecule has 0 amide bonds. The van der Waals surface area contributed by atoms with E-state index in [0.29, 0.717) is 10.9 Å². The Kier molecular flexibility index (Phi) is 5.33. The largest absolute Gasteiger partial charge is 0.393 e. The minimum atomic E-state index is 0.573. The summed E-state index contributed by atoms with van der Waals surface area (Å²) in [5, 5.41) is 1.09. The Morgan fingerprint density at radius 1 is 1.47 bits per heavy atom. The van der Waals surface area contributed by atoms with Crippen molar-refractivity contribution < 1.29 is 0 Å². The Hall–Kier alpha value is -0.680. The molecule has 0 unspecified atom stereocenters. The number of hydrogen-bond acceptors (Lipinski definition) is 4.